The number of nitrogens with zero attached hydrogens (tertiary/aromatic N) is 3. The molecule has 5 nitrogen and oxygen atoms in total. The van der Waals surface area contributed by atoms with Crippen LogP contribution in [0, 0.1) is 0 Å². The molecule has 0 radical (unpaired) electrons. The van der Waals surface area contributed by atoms with Gasteiger partial charge in [0.1, 0.15) is 0 Å². The highest BCUT2D eigenvalue weighted by Crippen LogP contribution is 2.40. The molecule has 1 saturated carbocycles. The molecule has 0 unspecified atom stereocenters. The SMILES string of the molecule is NC(=O)c1cc(C2CC2)ccc1-n1nccn1. The normalized spacial score (nSPS) is 14.8. The van der Waals surface area contributed by atoms with Gasteiger partial charge in [-0.3, -0.25) is 4.79 Å². The second kappa shape index (κ2) is 3.69. The number of primary amides is 1. The van der Waals surface area contributed by atoms with Crippen molar-refractivity contribution in [3.63, 3.8) is 0 Å². The van der Waals surface area contributed by atoms with Crippen molar-refractivity contribution in [1.82, 2.24) is 15.0 Å². The molecule has 0 spiro atoms. The summed E-state index contributed by atoms with van der Waals surface area (Å²) in [6.45, 7) is 0. The lowest BCUT2D eigenvalue weighted by Gasteiger charge is -2.07. The molecule has 5 heteroatoms. The molecular weight excluding hydrogens is 216 g/mol. The third-order valence-corrected chi connectivity index (χ3v) is 2.97. The van der Waals surface area contributed by atoms with Gasteiger partial charge in [0.2, 0.25) is 0 Å². The van der Waals surface area contributed by atoms with Gasteiger partial charge in [-0.15, -0.1) is 0 Å². The van der Waals surface area contributed by atoms with Crippen LogP contribution in [0.5, 0.6) is 0 Å². The summed E-state index contributed by atoms with van der Waals surface area (Å²) >= 11 is 0. The summed E-state index contributed by atoms with van der Waals surface area (Å²) in [5, 5.41) is 8.03. The molecule has 17 heavy (non-hydrogen) atoms. The highest BCUT2D eigenvalue weighted by molar-refractivity contribution is 5.96. The maximum absolute atomic E-state index is 11.5. The Hall–Kier alpha value is -2.17. The van der Waals surface area contributed by atoms with E-state index in [1.54, 1.807) is 12.4 Å². The van der Waals surface area contributed by atoms with Gasteiger partial charge in [0.05, 0.1) is 23.6 Å². The zero-order valence-electron chi connectivity index (χ0n) is 9.21. The maximum Gasteiger partial charge on any atom is 0.250 e. The molecule has 86 valence electrons. The van der Waals surface area contributed by atoms with Crippen LogP contribution in [-0.4, -0.2) is 20.9 Å². The Kier molecular flexibility index (Phi) is 2.18. The minimum absolute atomic E-state index is 0.445. The topological polar surface area (TPSA) is 73.8 Å². The van der Waals surface area contributed by atoms with Gasteiger partial charge < -0.3 is 5.73 Å². The highest BCUT2D eigenvalue weighted by atomic mass is 16.1. The van der Waals surface area contributed by atoms with Crippen molar-refractivity contribution in [1.29, 1.82) is 0 Å². The molecule has 1 aliphatic rings. The Labute approximate surface area is 98.2 Å². The van der Waals surface area contributed by atoms with E-state index in [9.17, 15) is 4.79 Å². The number of carbonyl (C=O) groups excluding carboxylic acids is 1. The van der Waals surface area contributed by atoms with Crippen LogP contribution in [-0.2, 0) is 0 Å². The van der Waals surface area contributed by atoms with Crippen LogP contribution in [0.2, 0.25) is 0 Å². The van der Waals surface area contributed by atoms with Crippen LogP contribution in [0.3, 0.4) is 0 Å². The van der Waals surface area contributed by atoms with Crippen LogP contribution in [0.4, 0.5) is 0 Å². The van der Waals surface area contributed by atoms with Gasteiger partial charge in [0.25, 0.3) is 5.91 Å². The molecule has 1 amide bonds. The second-order valence-electron chi connectivity index (χ2n) is 4.23. The van der Waals surface area contributed by atoms with Gasteiger partial charge in [0.15, 0.2) is 0 Å². The first-order chi connectivity index (χ1) is 8.25. The molecule has 1 aliphatic carbocycles. The number of hydrogen-bond donors (Lipinski definition) is 1. The van der Waals surface area contributed by atoms with Crippen LogP contribution in [0.15, 0.2) is 30.6 Å². The van der Waals surface area contributed by atoms with Crippen molar-refractivity contribution >= 4 is 5.91 Å². The Morgan fingerprint density at radius 1 is 1.29 bits per heavy atom. The number of nitrogens with two attached hydrogens (primary N) is 1. The summed E-state index contributed by atoms with van der Waals surface area (Å²) in [5.41, 5.74) is 7.69. The van der Waals surface area contributed by atoms with Crippen molar-refractivity contribution in [3.8, 4) is 5.69 Å². The Balaban J connectivity index is 2.11. The fourth-order valence-corrected chi connectivity index (χ4v) is 1.94. The number of carbonyl (C=O) groups is 1. The molecule has 2 aromatic rings. The van der Waals surface area contributed by atoms with E-state index in [4.69, 9.17) is 5.73 Å². The van der Waals surface area contributed by atoms with Gasteiger partial charge >= 0.3 is 0 Å². The van der Waals surface area contributed by atoms with Gasteiger partial charge in [-0.05, 0) is 36.5 Å². The van der Waals surface area contributed by atoms with Crippen LogP contribution in [0.25, 0.3) is 5.69 Å². The van der Waals surface area contributed by atoms with Crippen molar-refractivity contribution in [2.24, 2.45) is 5.73 Å². The van der Waals surface area contributed by atoms with E-state index in [-0.39, 0.29) is 0 Å². The lowest BCUT2D eigenvalue weighted by molar-refractivity contribution is 0.1000. The first-order valence-electron chi connectivity index (χ1n) is 5.56. The van der Waals surface area contributed by atoms with Gasteiger partial charge in [-0.2, -0.15) is 15.0 Å². The molecule has 0 aliphatic heterocycles. The Bertz CT molecular complexity index is 558. The fraction of sp³-hybridized carbons (Fsp3) is 0.250. The van der Waals surface area contributed by atoms with Gasteiger partial charge in [-0.1, -0.05) is 6.07 Å². The van der Waals surface area contributed by atoms with Crippen LogP contribution >= 0.6 is 0 Å². The standard InChI is InChI=1S/C12H12N4O/c13-12(17)10-7-9(8-1-2-8)3-4-11(10)16-14-5-6-15-16/h3-8H,1-2H2,(H2,13,17). The van der Waals surface area contributed by atoms with E-state index in [1.807, 2.05) is 18.2 Å². The van der Waals surface area contributed by atoms with E-state index in [1.165, 1.54) is 23.2 Å². The average Bonchev–Trinajstić information content (AvgIpc) is 3.04. The smallest absolute Gasteiger partial charge is 0.250 e. The molecule has 1 aromatic heterocycles. The van der Waals surface area contributed by atoms with Crippen molar-refractivity contribution in [3.05, 3.63) is 41.7 Å². The minimum atomic E-state index is -0.445. The van der Waals surface area contributed by atoms with E-state index >= 15 is 0 Å². The highest BCUT2D eigenvalue weighted by Gasteiger charge is 2.25. The summed E-state index contributed by atoms with van der Waals surface area (Å²) in [5.74, 6) is 0.146. The summed E-state index contributed by atoms with van der Waals surface area (Å²) < 4.78 is 0. The Morgan fingerprint density at radius 3 is 2.59 bits per heavy atom. The van der Waals surface area contributed by atoms with Crippen molar-refractivity contribution in [2.75, 3.05) is 0 Å². The minimum Gasteiger partial charge on any atom is -0.366 e. The van der Waals surface area contributed by atoms with Crippen molar-refractivity contribution in [2.45, 2.75) is 18.8 Å². The lowest BCUT2D eigenvalue weighted by atomic mass is 10.0. The van der Waals surface area contributed by atoms with Gasteiger partial charge in [-0.25, -0.2) is 0 Å². The first-order valence-corrected chi connectivity index (χ1v) is 5.56. The molecule has 1 aromatic carbocycles. The molecule has 1 fully saturated rings. The number of amides is 1. The second-order valence-corrected chi connectivity index (χ2v) is 4.23. The Morgan fingerprint density at radius 2 is 2.00 bits per heavy atom. The zero-order chi connectivity index (χ0) is 11.8. The summed E-state index contributed by atoms with van der Waals surface area (Å²) in [4.78, 5) is 12.9. The lowest BCUT2D eigenvalue weighted by Crippen LogP contribution is -2.16. The molecule has 0 saturated heterocycles. The predicted molar refractivity (Wildman–Crippen MR) is 61.9 cm³/mol. The molecule has 0 bridgehead atoms. The van der Waals surface area contributed by atoms with E-state index in [2.05, 4.69) is 10.2 Å². The number of aromatic nitrogens is 3. The molecular formula is C12H12N4O. The van der Waals surface area contributed by atoms with Crippen LogP contribution < -0.4 is 5.73 Å². The number of rotatable bonds is 3. The zero-order valence-corrected chi connectivity index (χ0v) is 9.21. The molecule has 0 atom stereocenters. The van der Waals surface area contributed by atoms with Gasteiger partial charge in [0, 0.05) is 0 Å². The summed E-state index contributed by atoms with van der Waals surface area (Å²) in [6, 6.07) is 5.73. The predicted octanol–water partition coefficient (Wildman–Crippen LogP) is 1.24. The fourth-order valence-electron chi connectivity index (χ4n) is 1.94. The third-order valence-electron chi connectivity index (χ3n) is 2.97. The molecule has 1 heterocycles. The average molecular weight is 228 g/mol. The monoisotopic (exact) mass is 228 g/mol. The van der Waals surface area contributed by atoms with Crippen molar-refractivity contribution < 1.29 is 4.79 Å². The van der Waals surface area contributed by atoms with E-state index in [0.29, 0.717) is 17.2 Å². The van der Waals surface area contributed by atoms with E-state index < -0.39 is 5.91 Å². The quantitative estimate of drug-likeness (QED) is 0.859. The summed E-state index contributed by atoms with van der Waals surface area (Å²) in [7, 11) is 0. The molecule has 2 N–H and O–H groups in total. The first kappa shape index (κ1) is 10.0. The number of benzene rings is 1. The number of hydrogen-bond acceptors (Lipinski definition) is 3. The largest absolute Gasteiger partial charge is 0.366 e. The summed E-state index contributed by atoms with van der Waals surface area (Å²) in [6.07, 6.45) is 5.52. The van der Waals surface area contributed by atoms with Crippen LogP contribution in [0.1, 0.15) is 34.7 Å². The third kappa shape index (κ3) is 1.80. The maximum atomic E-state index is 11.5. The molecule has 3 rings (SSSR count). The van der Waals surface area contributed by atoms with E-state index in [0.717, 1.165) is 0 Å².